The van der Waals surface area contributed by atoms with Crippen LogP contribution in [0.5, 0.6) is 0 Å². The molecule has 8 heteroatoms. The molecule has 1 atom stereocenters. The molecule has 2 amide bonds. The van der Waals surface area contributed by atoms with Gasteiger partial charge in [-0.05, 0) is 60.9 Å². The molecule has 0 aromatic heterocycles. The number of nitrogen functional groups attached to an aromatic ring is 1. The zero-order valence-electron chi connectivity index (χ0n) is 18.1. The summed E-state index contributed by atoms with van der Waals surface area (Å²) in [5.41, 5.74) is 7.01. The first-order valence-corrected chi connectivity index (χ1v) is 11.9. The Morgan fingerprint density at radius 1 is 0.938 bits per heavy atom. The van der Waals surface area contributed by atoms with Gasteiger partial charge in [-0.25, -0.2) is 13.1 Å². The van der Waals surface area contributed by atoms with Gasteiger partial charge in [-0.1, -0.05) is 42.5 Å². The number of nitrogens with one attached hydrogen (secondary N) is 1. The van der Waals surface area contributed by atoms with Crippen LogP contribution < -0.4 is 10.5 Å². The molecular weight excluding hydrogens is 426 g/mol. The molecule has 0 saturated heterocycles. The number of sulfonamides is 1. The lowest BCUT2D eigenvalue weighted by Gasteiger charge is -2.24. The maximum Gasteiger partial charge on any atom is 0.264 e. The molecule has 32 heavy (non-hydrogen) atoms. The highest BCUT2D eigenvalue weighted by Crippen LogP contribution is 2.20. The van der Waals surface area contributed by atoms with E-state index < -0.39 is 27.8 Å². The summed E-state index contributed by atoms with van der Waals surface area (Å²) in [5.74, 6) is -2.49. The molecule has 0 heterocycles. The molecule has 0 aliphatic rings. The third-order valence-corrected chi connectivity index (χ3v) is 6.69. The summed E-state index contributed by atoms with van der Waals surface area (Å²) < 4.78 is 28.0. The molecule has 3 aromatic rings. The first-order valence-electron chi connectivity index (χ1n) is 10.4. The Bertz CT molecular complexity index is 1240. The highest BCUT2D eigenvalue weighted by Gasteiger charge is 2.33. The Labute approximate surface area is 188 Å². The van der Waals surface area contributed by atoms with Crippen molar-refractivity contribution >= 4 is 38.3 Å². The van der Waals surface area contributed by atoms with E-state index in [0.717, 1.165) is 10.8 Å². The number of benzene rings is 3. The number of nitrogens with two attached hydrogens (primary N) is 1. The molecule has 0 saturated carbocycles. The average molecular weight is 454 g/mol. The van der Waals surface area contributed by atoms with Gasteiger partial charge in [-0.15, -0.1) is 0 Å². The third-order valence-electron chi connectivity index (χ3n) is 5.35. The predicted molar refractivity (Wildman–Crippen MR) is 125 cm³/mol. The van der Waals surface area contributed by atoms with E-state index in [1.54, 1.807) is 36.4 Å². The molecular formula is C24H27N3O4S. The number of anilines is 1. The fraction of sp³-hybridized carbons (Fsp3) is 0.250. The lowest BCUT2D eigenvalue weighted by molar-refractivity contribution is -0.141. The maximum atomic E-state index is 13.1. The zero-order valence-corrected chi connectivity index (χ0v) is 18.9. The van der Waals surface area contributed by atoms with E-state index in [0.29, 0.717) is 24.3 Å². The minimum atomic E-state index is -4.16. The quantitative estimate of drug-likeness (QED) is 0.403. The molecule has 0 bridgehead atoms. The number of rotatable bonds is 8. The number of fused-ring (bicyclic) bond motifs is 1. The molecule has 1 unspecified atom stereocenters. The van der Waals surface area contributed by atoms with Crippen LogP contribution in [0.15, 0.2) is 71.6 Å². The molecule has 168 valence electrons. The zero-order chi connectivity index (χ0) is 23.3. The number of nitrogens with zero attached hydrogens (tertiary/aromatic N) is 1. The summed E-state index contributed by atoms with van der Waals surface area (Å²) >= 11 is 0. The summed E-state index contributed by atoms with van der Waals surface area (Å²) in [6.45, 7) is 4.44. The molecule has 3 aromatic carbocycles. The summed E-state index contributed by atoms with van der Waals surface area (Å²) in [6, 6.07) is 18.8. The standard InChI is InChI=1S/C24H27N3O4S/c1-3-27(4-2)24(29)22(15-17-8-7-11-20(25)14-17)23(28)26-32(30,31)21-13-12-18-9-5-6-10-19(18)16-21/h5-14,16,22H,3-4,15,25H2,1-2H3,(H,26,28). The molecule has 0 aliphatic carbocycles. The highest BCUT2D eigenvalue weighted by molar-refractivity contribution is 7.90. The Balaban J connectivity index is 1.90. The largest absolute Gasteiger partial charge is 0.399 e. The number of hydrogen-bond acceptors (Lipinski definition) is 5. The van der Waals surface area contributed by atoms with Crippen molar-refractivity contribution in [1.82, 2.24) is 9.62 Å². The van der Waals surface area contributed by atoms with Crippen molar-refractivity contribution in [3.05, 3.63) is 72.3 Å². The van der Waals surface area contributed by atoms with E-state index in [2.05, 4.69) is 4.72 Å². The SMILES string of the molecule is CCN(CC)C(=O)C(Cc1cccc(N)c1)C(=O)NS(=O)(=O)c1ccc2ccccc2c1. The van der Waals surface area contributed by atoms with Crippen LogP contribution in [0, 0.1) is 5.92 Å². The summed E-state index contributed by atoms with van der Waals surface area (Å²) in [6.07, 6.45) is 0.0411. The molecule has 0 fully saturated rings. The second kappa shape index (κ2) is 9.82. The van der Waals surface area contributed by atoms with Gasteiger partial charge in [0.15, 0.2) is 0 Å². The van der Waals surface area contributed by atoms with Gasteiger partial charge in [0.2, 0.25) is 11.8 Å². The fourth-order valence-electron chi connectivity index (χ4n) is 3.60. The van der Waals surface area contributed by atoms with Gasteiger partial charge in [0.05, 0.1) is 4.90 Å². The van der Waals surface area contributed by atoms with E-state index >= 15 is 0 Å². The van der Waals surface area contributed by atoms with E-state index in [4.69, 9.17) is 5.73 Å². The fourth-order valence-corrected chi connectivity index (χ4v) is 4.65. The second-order valence-corrected chi connectivity index (χ2v) is 9.17. The van der Waals surface area contributed by atoms with Crippen molar-refractivity contribution in [3.63, 3.8) is 0 Å². The maximum absolute atomic E-state index is 13.1. The lowest BCUT2D eigenvalue weighted by Crippen LogP contribution is -2.46. The van der Waals surface area contributed by atoms with E-state index in [1.165, 1.54) is 17.0 Å². The van der Waals surface area contributed by atoms with Crippen molar-refractivity contribution in [1.29, 1.82) is 0 Å². The van der Waals surface area contributed by atoms with Crippen molar-refractivity contribution in [2.24, 2.45) is 5.92 Å². The minimum Gasteiger partial charge on any atom is -0.399 e. The molecule has 3 rings (SSSR count). The smallest absolute Gasteiger partial charge is 0.264 e. The first kappa shape index (κ1) is 23.3. The van der Waals surface area contributed by atoms with E-state index in [1.807, 2.05) is 32.0 Å². The van der Waals surface area contributed by atoms with Crippen molar-refractivity contribution < 1.29 is 18.0 Å². The van der Waals surface area contributed by atoms with Crippen LogP contribution in [0.1, 0.15) is 19.4 Å². The Kier molecular flexibility index (Phi) is 7.15. The molecule has 0 spiro atoms. The van der Waals surface area contributed by atoms with Gasteiger partial charge < -0.3 is 10.6 Å². The third kappa shape index (κ3) is 5.26. The Morgan fingerprint density at radius 3 is 2.28 bits per heavy atom. The Hall–Kier alpha value is -3.39. The van der Waals surface area contributed by atoms with Crippen LogP contribution in [-0.2, 0) is 26.0 Å². The number of hydrogen-bond donors (Lipinski definition) is 2. The van der Waals surface area contributed by atoms with Crippen molar-refractivity contribution in [2.75, 3.05) is 18.8 Å². The van der Waals surface area contributed by atoms with Gasteiger partial charge in [-0.2, -0.15) is 0 Å². The topological polar surface area (TPSA) is 110 Å². The second-order valence-electron chi connectivity index (χ2n) is 7.49. The molecule has 7 nitrogen and oxygen atoms in total. The molecule has 3 N–H and O–H groups in total. The lowest BCUT2D eigenvalue weighted by atomic mass is 9.97. The average Bonchev–Trinajstić information content (AvgIpc) is 2.77. The van der Waals surface area contributed by atoms with Gasteiger partial charge in [0.25, 0.3) is 10.0 Å². The monoisotopic (exact) mass is 453 g/mol. The molecule has 0 aliphatic heterocycles. The van der Waals surface area contributed by atoms with Crippen LogP contribution in [0.4, 0.5) is 5.69 Å². The normalized spacial score (nSPS) is 12.3. The Morgan fingerprint density at radius 2 is 1.62 bits per heavy atom. The first-order chi connectivity index (χ1) is 15.2. The van der Waals surface area contributed by atoms with Gasteiger partial charge in [-0.3, -0.25) is 9.59 Å². The highest BCUT2D eigenvalue weighted by atomic mass is 32.2. The van der Waals surface area contributed by atoms with E-state index in [-0.39, 0.29) is 11.3 Å². The number of amides is 2. The summed E-state index contributed by atoms with van der Waals surface area (Å²) in [7, 11) is -4.16. The van der Waals surface area contributed by atoms with Crippen LogP contribution in [0.3, 0.4) is 0 Å². The summed E-state index contributed by atoms with van der Waals surface area (Å²) in [4.78, 5) is 27.6. The van der Waals surface area contributed by atoms with Crippen LogP contribution in [-0.4, -0.2) is 38.2 Å². The van der Waals surface area contributed by atoms with Gasteiger partial charge >= 0.3 is 0 Å². The minimum absolute atomic E-state index is 0.0393. The van der Waals surface area contributed by atoms with Crippen LogP contribution >= 0.6 is 0 Å². The number of carbonyl (C=O) groups is 2. The van der Waals surface area contributed by atoms with E-state index in [9.17, 15) is 18.0 Å². The number of carbonyl (C=O) groups excluding carboxylic acids is 2. The predicted octanol–water partition coefficient (Wildman–Crippen LogP) is 2.95. The van der Waals surface area contributed by atoms with Crippen molar-refractivity contribution in [3.8, 4) is 0 Å². The van der Waals surface area contributed by atoms with Crippen molar-refractivity contribution in [2.45, 2.75) is 25.2 Å². The van der Waals surface area contributed by atoms with Crippen LogP contribution in [0.2, 0.25) is 0 Å². The van der Waals surface area contributed by atoms with Crippen LogP contribution in [0.25, 0.3) is 10.8 Å². The van der Waals surface area contributed by atoms with Gasteiger partial charge in [0.1, 0.15) is 5.92 Å². The molecule has 0 radical (unpaired) electrons. The van der Waals surface area contributed by atoms with Gasteiger partial charge in [0, 0.05) is 18.8 Å². The summed E-state index contributed by atoms with van der Waals surface area (Å²) in [5, 5.41) is 1.62.